The number of rotatable bonds is 6. The lowest BCUT2D eigenvalue weighted by atomic mass is 10.2. The molecule has 0 aromatic heterocycles. The van der Waals surface area contributed by atoms with E-state index >= 15 is 0 Å². The predicted molar refractivity (Wildman–Crippen MR) is 47.5 cm³/mol. The van der Waals surface area contributed by atoms with Crippen LogP contribution in [0, 0.1) is 0 Å². The molecule has 0 saturated heterocycles. The summed E-state index contributed by atoms with van der Waals surface area (Å²) in [6, 6.07) is 0. The molecule has 0 aromatic rings. The van der Waals surface area contributed by atoms with Crippen molar-refractivity contribution >= 4 is 5.97 Å². The van der Waals surface area contributed by atoms with E-state index in [2.05, 4.69) is 5.32 Å². The molecule has 0 atom stereocenters. The number of nitrogens with one attached hydrogen (secondary N) is 1. The van der Waals surface area contributed by atoms with Crippen LogP contribution in [0.15, 0.2) is 0 Å². The zero-order chi connectivity index (χ0) is 11.5. The van der Waals surface area contributed by atoms with Gasteiger partial charge in [0, 0.05) is 6.42 Å². The molecule has 6 heteroatoms. The molecule has 1 rings (SSSR count). The molecule has 0 spiro atoms. The topological polar surface area (TPSA) is 49.3 Å². The van der Waals surface area contributed by atoms with E-state index in [9.17, 15) is 18.0 Å². The summed E-state index contributed by atoms with van der Waals surface area (Å²) >= 11 is 0. The standard InChI is InChI=1S/C9H14F3NO2/c10-9(11,12)8(4-5-8)13-6-2-1-3-7(14)15/h13H,1-6H2,(H,14,15). The molecule has 0 radical (unpaired) electrons. The van der Waals surface area contributed by atoms with Gasteiger partial charge in [0.05, 0.1) is 0 Å². The second-order valence-corrected chi connectivity index (χ2v) is 3.86. The van der Waals surface area contributed by atoms with Gasteiger partial charge in [-0.1, -0.05) is 0 Å². The van der Waals surface area contributed by atoms with Crippen LogP contribution in [0.25, 0.3) is 0 Å². The SMILES string of the molecule is O=C(O)CCCCNC1(C(F)(F)F)CC1. The van der Waals surface area contributed by atoms with E-state index in [4.69, 9.17) is 5.11 Å². The fraction of sp³-hybridized carbons (Fsp3) is 0.889. The van der Waals surface area contributed by atoms with Crippen LogP contribution in [0.3, 0.4) is 0 Å². The Balaban J connectivity index is 2.13. The maximum Gasteiger partial charge on any atom is 0.406 e. The number of unbranched alkanes of at least 4 members (excludes halogenated alkanes) is 1. The first kappa shape index (κ1) is 12.3. The van der Waals surface area contributed by atoms with Gasteiger partial charge in [-0.15, -0.1) is 0 Å². The van der Waals surface area contributed by atoms with Gasteiger partial charge in [-0.05, 0) is 32.2 Å². The molecule has 0 aromatic carbocycles. The van der Waals surface area contributed by atoms with Crippen molar-refractivity contribution in [3.63, 3.8) is 0 Å². The molecule has 15 heavy (non-hydrogen) atoms. The third-order valence-electron chi connectivity index (χ3n) is 2.57. The van der Waals surface area contributed by atoms with E-state index in [1.165, 1.54) is 0 Å². The monoisotopic (exact) mass is 225 g/mol. The zero-order valence-corrected chi connectivity index (χ0v) is 8.23. The molecule has 0 amide bonds. The minimum absolute atomic E-state index is 0.0146. The van der Waals surface area contributed by atoms with E-state index < -0.39 is 17.7 Å². The summed E-state index contributed by atoms with van der Waals surface area (Å²) in [7, 11) is 0. The van der Waals surface area contributed by atoms with Gasteiger partial charge < -0.3 is 10.4 Å². The Hall–Kier alpha value is -0.780. The van der Waals surface area contributed by atoms with Crippen molar-refractivity contribution in [2.45, 2.75) is 43.8 Å². The van der Waals surface area contributed by atoms with Crippen LogP contribution in [0.5, 0.6) is 0 Å². The summed E-state index contributed by atoms with van der Waals surface area (Å²) < 4.78 is 37.1. The van der Waals surface area contributed by atoms with E-state index in [1.54, 1.807) is 0 Å². The minimum Gasteiger partial charge on any atom is -0.481 e. The van der Waals surface area contributed by atoms with Crippen molar-refractivity contribution in [3.8, 4) is 0 Å². The predicted octanol–water partition coefficient (Wildman–Crippen LogP) is 1.93. The summed E-state index contributed by atoms with van der Waals surface area (Å²) in [4.78, 5) is 10.1. The lowest BCUT2D eigenvalue weighted by Crippen LogP contribution is -2.45. The number of carboxylic acid groups (broad SMARTS) is 1. The molecule has 1 aliphatic carbocycles. The number of carboxylic acids is 1. The highest BCUT2D eigenvalue weighted by Gasteiger charge is 2.62. The fourth-order valence-electron chi connectivity index (χ4n) is 1.41. The summed E-state index contributed by atoms with van der Waals surface area (Å²) in [5.41, 5.74) is -1.67. The zero-order valence-electron chi connectivity index (χ0n) is 8.23. The first-order chi connectivity index (χ1) is 6.87. The lowest BCUT2D eigenvalue weighted by Gasteiger charge is -2.20. The largest absolute Gasteiger partial charge is 0.481 e. The molecule has 3 nitrogen and oxygen atoms in total. The Morgan fingerprint density at radius 1 is 1.33 bits per heavy atom. The Labute approximate surface area is 85.7 Å². The molecule has 1 aliphatic rings. The molecule has 88 valence electrons. The van der Waals surface area contributed by atoms with Crippen molar-refractivity contribution in [3.05, 3.63) is 0 Å². The van der Waals surface area contributed by atoms with E-state index in [0.717, 1.165) is 0 Å². The first-order valence-electron chi connectivity index (χ1n) is 4.91. The minimum atomic E-state index is -4.18. The van der Waals surface area contributed by atoms with Crippen molar-refractivity contribution in [2.75, 3.05) is 6.54 Å². The van der Waals surface area contributed by atoms with Gasteiger partial charge in [0.25, 0.3) is 0 Å². The Bertz CT molecular complexity index is 236. The van der Waals surface area contributed by atoms with Crippen LogP contribution in [-0.4, -0.2) is 29.3 Å². The van der Waals surface area contributed by atoms with Crippen molar-refractivity contribution in [2.24, 2.45) is 0 Å². The van der Waals surface area contributed by atoms with Gasteiger partial charge in [0.1, 0.15) is 5.54 Å². The Morgan fingerprint density at radius 3 is 2.33 bits per heavy atom. The van der Waals surface area contributed by atoms with Crippen LogP contribution in [0.4, 0.5) is 13.2 Å². The van der Waals surface area contributed by atoms with Gasteiger partial charge >= 0.3 is 12.1 Å². The molecule has 0 bridgehead atoms. The third kappa shape index (κ3) is 3.37. The second kappa shape index (κ2) is 4.38. The van der Waals surface area contributed by atoms with Crippen LogP contribution in [-0.2, 0) is 4.79 Å². The second-order valence-electron chi connectivity index (χ2n) is 3.86. The normalized spacial score (nSPS) is 18.9. The van der Waals surface area contributed by atoms with Crippen LogP contribution >= 0.6 is 0 Å². The third-order valence-corrected chi connectivity index (χ3v) is 2.57. The molecule has 0 aliphatic heterocycles. The molecule has 1 saturated carbocycles. The smallest absolute Gasteiger partial charge is 0.406 e. The summed E-state index contributed by atoms with van der Waals surface area (Å²) in [5, 5.41) is 10.8. The fourth-order valence-corrected chi connectivity index (χ4v) is 1.41. The average Bonchev–Trinajstić information content (AvgIpc) is 2.82. The summed E-state index contributed by atoms with van der Waals surface area (Å²) in [5.74, 6) is -0.910. The maximum atomic E-state index is 12.4. The maximum absolute atomic E-state index is 12.4. The average molecular weight is 225 g/mol. The van der Waals surface area contributed by atoms with Gasteiger partial charge in [-0.2, -0.15) is 13.2 Å². The van der Waals surface area contributed by atoms with Crippen LogP contribution in [0.1, 0.15) is 32.1 Å². The highest BCUT2D eigenvalue weighted by Crippen LogP contribution is 2.48. The summed E-state index contributed by atoms with van der Waals surface area (Å²) in [6.07, 6.45) is -3.02. The van der Waals surface area contributed by atoms with E-state index in [0.29, 0.717) is 12.8 Å². The number of hydrogen-bond acceptors (Lipinski definition) is 2. The number of halogens is 3. The van der Waals surface area contributed by atoms with E-state index in [-0.39, 0.29) is 25.8 Å². The van der Waals surface area contributed by atoms with Crippen molar-refractivity contribution < 1.29 is 23.1 Å². The number of carbonyl (C=O) groups is 1. The molecule has 1 fully saturated rings. The Kier molecular flexibility index (Phi) is 3.59. The molecule has 0 heterocycles. The van der Waals surface area contributed by atoms with Crippen LogP contribution in [0.2, 0.25) is 0 Å². The molecule has 2 N–H and O–H groups in total. The van der Waals surface area contributed by atoms with Gasteiger partial charge in [-0.3, -0.25) is 4.79 Å². The highest BCUT2D eigenvalue weighted by molar-refractivity contribution is 5.66. The number of aliphatic carboxylic acids is 1. The Morgan fingerprint density at radius 2 is 1.93 bits per heavy atom. The first-order valence-corrected chi connectivity index (χ1v) is 4.91. The highest BCUT2D eigenvalue weighted by atomic mass is 19.4. The molecule has 0 unspecified atom stereocenters. The van der Waals surface area contributed by atoms with Crippen molar-refractivity contribution in [1.82, 2.24) is 5.32 Å². The summed E-state index contributed by atoms with van der Waals surface area (Å²) in [6.45, 7) is 0.229. The van der Waals surface area contributed by atoms with Gasteiger partial charge in [0.15, 0.2) is 0 Å². The number of alkyl halides is 3. The lowest BCUT2D eigenvalue weighted by molar-refractivity contribution is -0.165. The molecular weight excluding hydrogens is 211 g/mol. The van der Waals surface area contributed by atoms with Crippen LogP contribution < -0.4 is 5.32 Å². The van der Waals surface area contributed by atoms with Gasteiger partial charge in [-0.25, -0.2) is 0 Å². The molecular formula is C9H14F3NO2. The number of hydrogen-bond donors (Lipinski definition) is 2. The van der Waals surface area contributed by atoms with Crippen molar-refractivity contribution in [1.29, 1.82) is 0 Å². The van der Waals surface area contributed by atoms with E-state index in [1.807, 2.05) is 0 Å². The quantitative estimate of drug-likeness (QED) is 0.679. The van der Waals surface area contributed by atoms with Gasteiger partial charge in [0.2, 0.25) is 0 Å².